The predicted molar refractivity (Wildman–Crippen MR) is 71.6 cm³/mol. The van der Waals surface area contributed by atoms with Crippen molar-refractivity contribution >= 4 is 26.7 Å². The molecule has 0 saturated heterocycles. The van der Waals surface area contributed by atoms with Crippen LogP contribution in [0, 0.1) is 6.92 Å². The van der Waals surface area contributed by atoms with E-state index in [1.165, 1.54) is 0 Å². The molecular formula is C13H13NO4S. The molecule has 0 bridgehead atoms. The second kappa shape index (κ2) is 4.97. The first kappa shape index (κ1) is 13.5. The summed E-state index contributed by atoms with van der Waals surface area (Å²) in [4.78, 5) is 14.9. The first-order valence-corrected chi connectivity index (χ1v) is 7.47. The van der Waals surface area contributed by atoms with E-state index in [2.05, 4.69) is 4.98 Å². The van der Waals surface area contributed by atoms with Crippen molar-refractivity contribution in [2.45, 2.75) is 12.7 Å². The largest absolute Gasteiger partial charge is 0.480 e. The van der Waals surface area contributed by atoms with Crippen LogP contribution in [0.4, 0.5) is 0 Å². The summed E-state index contributed by atoms with van der Waals surface area (Å²) in [5.74, 6) is -2.48. The summed E-state index contributed by atoms with van der Waals surface area (Å²) in [5, 5.41) is 9.34. The molecule has 5 nitrogen and oxygen atoms in total. The SMILES string of the molecule is Cc1cc(CS(=O)(=O)CC(=O)O)c2ccccc2n1. The van der Waals surface area contributed by atoms with Crippen molar-refractivity contribution in [1.82, 2.24) is 4.98 Å². The molecule has 0 unspecified atom stereocenters. The van der Waals surface area contributed by atoms with Crippen molar-refractivity contribution in [3.05, 3.63) is 41.6 Å². The van der Waals surface area contributed by atoms with Crippen LogP contribution in [0.5, 0.6) is 0 Å². The number of para-hydroxylation sites is 1. The molecule has 100 valence electrons. The van der Waals surface area contributed by atoms with Gasteiger partial charge in [0.2, 0.25) is 0 Å². The smallest absolute Gasteiger partial charge is 0.318 e. The van der Waals surface area contributed by atoms with Gasteiger partial charge in [-0.25, -0.2) is 8.42 Å². The third kappa shape index (κ3) is 3.29. The molecule has 0 aliphatic rings. The summed E-state index contributed by atoms with van der Waals surface area (Å²) >= 11 is 0. The van der Waals surface area contributed by atoms with Crippen molar-refractivity contribution in [3.63, 3.8) is 0 Å². The number of carboxylic acids is 1. The fourth-order valence-corrected chi connectivity index (χ4v) is 3.18. The molecule has 6 heteroatoms. The zero-order valence-electron chi connectivity index (χ0n) is 10.3. The molecule has 1 aromatic heterocycles. The third-order valence-corrected chi connectivity index (χ3v) is 4.09. The molecule has 2 aromatic rings. The molecule has 1 heterocycles. The summed E-state index contributed by atoms with van der Waals surface area (Å²) in [7, 11) is -3.67. The molecule has 1 aromatic carbocycles. The first-order valence-electron chi connectivity index (χ1n) is 5.65. The van der Waals surface area contributed by atoms with Gasteiger partial charge in [0, 0.05) is 11.1 Å². The average Bonchev–Trinajstić information content (AvgIpc) is 2.26. The van der Waals surface area contributed by atoms with Crippen molar-refractivity contribution in [2.75, 3.05) is 5.75 Å². The van der Waals surface area contributed by atoms with Crippen LogP contribution < -0.4 is 0 Å². The monoisotopic (exact) mass is 279 g/mol. The van der Waals surface area contributed by atoms with Gasteiger partial charge in [-0.2, -0.15) is 0 Å². The highest BCUT2D eigenvalue weighted by atomic mass is 32.2. The number of carboxylic acid groups (broad SMARTS) is 1. The van der Waals surface area contributed by atoms with Crippen LogP contribution >= 0.6 is 0 Å². The minimum absolute atomic E-state index is 0.289. The molecule has 19 heavy (non-hydrogen) atoms. The zero-order chi connectivity index (χ0) is 14.0. The van der Waals surface area contributed by atoms with Crippen molar-refractivity contribution in [1.29, 1.82) is 0 Å². The molecule has 1 N–H and O–H groups in total. The topological polar surface area (TPSA) is 84.3 Å². The molecule has 0 aliphatic heterocycles. The summed E-state index contributed by atoms with van der Waals surface area (Å²) in [5.41, 5.74) is 2.01. The molecule has 0 atom stereocenters. The van der Waals surface area contributed by atoms with E-state index >= 15 is 0 Å². The number of aromatic nitrogens is 1. The van der Waals surface area contributed by atoms with Gasteiger partial charge < -0.3 is 5.11 Å². The minimum Gasteiger partial charge on any atom is -0.480 e. The Morgan fingerprint density at radius 1 is 1.32 bits per heavy atom. The number of sulfone groups is 1. The van der Waals surface area contributed by atoms with Gasteiger partial charge >= 0.3 is 5.97 Å². The summed E-state index contributed by atoms with van der Waals surface area (Å²) in [6, 6.07) is 8.89. The zero-order valence-corrected chi connectivity index (χ0v) is 11.1. The Balaban J connectivity index is 2.48. The Kier molecular flexibility index (Phi) is 3.53. The van der Waals surface area contributed by atoms with Crippen LogP contribution in [0.1, 0.15) is 11.3 Å². The van der Waals surface area contributed by atoms with Gasteiger partial charge in [0.05, 0.1) is 11.3 Å². The number of carbonyl (C=O) groups is 1. The Labute approximate surface area is 110 Å². The normalized spacial score (nSPS) is 11.6. The van der Waals surface area contributed by atoms with Gasteiger partial charge in [-0.05, 0) is 24.6 Å². The van der Waals surface area contributed by atoms with E-state index in [1.807, 2.05) is 6.07 Å². The van der Waals surface area contributed by atoms with Crippen molar-refractivity contribution in [3.8, 4) is 0 Å². The lowest BCUT2D eigenvalue weighted by atomic mass is 10.1. The highest BCUT2D eigenvalue weighted by molar-refractivity contribution is 7.91. The second-order valence-corrected chi connectivity index (χ2v) is 6.43. The maximum absolute atomic E-state index is 11.8. The van der Waals surface area contributed by atoms with Gasteiger partial charge in [-0.1, -0.05) is 18.2 Å². The minimum atomic E-state index is -3.67. The standard InChI is InChI=1S/C13H13NO4S/c1-9-6-10(7-19(17,18)8-13(15)16)11-4-2-3-5-12(11)14-9/h2-6H,7-8H2,1H3,(H,15,16). The lowest BCUT2D eigenvalue weighted by Gasteiger charge is -2.07. The van der Waals surface area contributed by atoms with Gasteiger partial charge in [-0.3, -0.25) is 9.78 Å². The summed E-state index contributed by atoms with van der Waals surface area (Å²) in [6.07, 6.45) is 0. The van der Waals surface area contributed by atoms with E-state index in [0.29, 0.717) is 16.8 Å². The van der Waals surface area contributed by atoms with E-state index in [9.17, 15) is 13.2 Å². The number of rotatable bonds is 4. The highest BCUT2D eigenvalue weighted by Crippen LogP contribution is 2.20. The number of aliphatic carboxylic acids is 1. The molecule has 2 rings (SSSR count). The van der Waals surface area contributed by atoms with Crippen LogP contribution in [0.3, 0.4) is 0 Å². The number of hydrogen-bond donors (Lipinski definition) is 1. The molecule has 0 radical (unpaired) electrons. The van der Waals surface area contributed by atoms with E-state index in [1.54, 1.807) is 31.2 Å². The van der Waals surface area contributed by atoms with E-state index < -0.39 is 21.6 Å². The van der Waals surface area contributed by atoms with E-state index in [4.69, 9.17) is 5.11 Å². The Hall–Kier alpha value is -1.95. The fraction of sp³-hybridized carbons (Fsp3) is 0.231. The first-order chi connectivity index (χ1) is 8.87. The average molecular weight is 279 g/mol. The number of pyridine rings is 1. The Morgan fingerprint density at radius 2 is 2.00 bits per heavy atom. The van der Waals surface area contributed by atoms with Crippen LogP contribution in [-0.4, -0.2) is 30.2 Å². The third-order valence-electron chi connectivity index (χ3n) is 2.65. The van der Waals surface area contributed by atoms with Gasteiger partial charge in [0.1, 0.15) is 5.75 Å². The number of nitrogens with zero attached hydrogens (tertiary/aromatic N) is 1. The number of aryl methyl sites for hydroxylation is 1. The Morgan fingerprint density at radius 3 is 2.68 bits per heavy atom. The maximum Gasteiger partial charge on any atom is 0.318 e. The quantitative estimate of drug-likeness (QED) is 0.917. The Bertz CT molecular complexity index is 737. The molecule has 0 amide bonds. The lowest BCUT2D eigenvalue weighted by molar-refractivity contribution is -0.134. The molecule has 0 aliphatic carbocycles. The summed E-state index contributed by atoms with van der Waals surface area (Å²) < 4.78 is 23.5. The van der Waals surface area contributed by atoms with Crippen LogP contribution in [0.2, 0.25) is 0 Å². The molecule has 0 fully saturated rings. The van der Waals surface area contributed by atoms with Crippen LogP contribution in [0.25, 0.3) is 10.9 Å². The fourth-order valence-electron chi connectivity index (χ4n) is 1.99. The van der Waals surface area contributed by atoms with Crippen LogP contribution in [0.15, 0.2) is 30.3 Å². The predicted octanol–water partition coefficient (Wildman–Crippen LogP) is 1.54. The molecule has 0 spiro atoms. The van der Waals surface area contributed by atoms with Crippen molar-refractivity contribution < 1.29 is 18.3 Å². The highest BCUT2D eigenvalue weighted by Gasteiger charge is 2.18. The number of hydrogen-bond acceptors (Lipinski definition) is 4. The lowest BCUT2D eigenvalue weighted by Crippen LogP contribution is -2.17. The van der Waals surface area contributed by atoms with Crippen LogP contribution in [-0.2, 0) is 20.4 Å². The second-order valence-electron chi connectivity index (χ2n) is 4.37. The van der Waals surface area contributed by atoms with E-state index in [0.717, 1.165) is 5.39 Å². The molecule has 0 saturated carbocycles. The van der Waals surface area contributed by atoms with Crippen molar-refractivity contribution in [2.24, 2.45) is 0 Å². The summed E-state index contributed by atoms with van der Waals surface area (Å²) in [6.45, 7) is 1.78. The maximum atomic E-state index is 11.8. The number of fused-ring (bicyclic) bond motifs is 1. The van der Waals surface area contributed by atoms with Gasteiger partial charge in [0.15, 0.2) is 9.84 Å². The number of benzene rings is 1. The molecular weight excluding hydrogens is 266 g/mol. The van der Waals surface area contributed by atoms with E-state index in [-0.39, 0.29) is 5.75 Å². The van der Waals surface area contributed by atoms with Gasteiger partial charge in [0.25, 0.3) is 0 Å². The van der Waals surface area contributed by atoms with Gasteiger partial charge in [-0.15, -0.1) is 0 Å².